The first-order valence-electron chi connectivity index (χ1n) is 6.40. The van der Waals surface area contributed by atoms with Gasteiger partial charge in [-0.15, -0.1) is 0 Å². The third-order valence-electron chi connectivity index (χ3n) is 3.40. The molecule has 0 saturated carbocycles. The van der Waals surface area contributed by atoms with Crippen LogP contribution in [0, 0.1) is 20.8 Å². The van der Waals surface area contributed by atoms with Gasteiger partial charge in [-0.05, 0) is 49.6 Å². The van der Waals surface area contributed by atoms with Crippen molar-refractivity contribution in [3.05, 3.63) is 63.2 Å². The Morgan fingerprint density at radius 3 is 2.50 bits per heavy atom. The van der Waals surface area contributed by atoms with Crippen LogP contribution in [-0.2, 0) is 0 Å². The summed E-state index contributed by atoms with van der Waals surface area (Å²) in [7, 11) is 1.58. The summed E-state index contributed by atoms with van der Waals surface area (Å²) < 4.78 is 5.37. The van der Waals surface area contributed by atoms with Crippen molar-refractivity contribution in [1.82, 2.24) is 0 Å². The van der Waals surface area contributed by atoms with Crippen molar-refractivity contribution >= 4 is 17.4 Å². The maximum Gasteiger partial charge on any atom is 0.197 e. The monoisotopic (exact) mass is 288 g/mol. The molecule has 0 atom stereocenters. The lowest BCUT2D eigenvalue weighted by Gasteiger charge is -2.13. The van der Waals surface area contributed by atoms with Crippen LogP contribution < -0.4 is 4.74 Å². The Kier molecular flexibility index (Phi) is 4.15. The molecule has 0 aliphatic carbocycles. The second-order valence-electron chi connectivity index (χ2n) is 4.90. The number of carbonyl (C=O) groups is 1. The van der Waals surface area contributed by atoms with E-state index in [9.17, 15) is 4.79 Å². The van der Waals surface area contributed by atoms with Crippen LogP contribution in [-0.4, -0.2) is 12.9 Å². The first kappa shape index (κ1) is 14.6. The number of hydrogen-bond acceptors (Lipinski definition) is 2. The number of rotatable bonds is 3. The number of ketones is 1. The maximum absolute atomic E-state index is 12.8. The van der Waals surface area contributed by atoms with Crippen LogP contribution in [0.2, 0.25) is 5.02 Å². The van der Waals surface area contributed by atoms with Gasteiger partial charge in [0.05, 0.1) is 12.7 Å². The molecule has 2 rings (SSSR count). The SMILES string of the molecule is COc1cc(C)cc(C)c1C(=O)c1cccc(Cl)c1C. The van der Waals surface area contributed by atoms with E-state index in [1.165, 1.54) is 0 Å². The first-order chi connectivity index (χ1) is 9.45. The van der Waals surface area contributed by atoms with Crippen molar-refractivity contribution in [2.75, 3.05) is 7.11 Å². The van der Waals surface area contributed by atoms with Gasteiger partial charge in [0.25, 0.3) is 0 Å². The molecule has 2 aromatic rings. The molecule has 0 N–H and O–H groups in total. The molecule has 0 aliphatic heterocycles. The maximum atomic E-state index is 12.8. The van der Waals surface area contributed by atoms with Gasteiger partial charge in [-0.1, -0.05) is 29.8 Å². The highest BCUT2D eigenvalue weighted by molar-refractivity contribution is 6.32. The summed E-state index contributed by atoms with van der Waals surface area (Å²) in [5.74, 6) is 0.547. The van der Waals surface area contributed by atoms with E-state index in [-0.39, 0.29) is 5.78 Å². The number of methoxy groups -OCH3 is 1. The van der Waals surface area contributed by atoms with Crippen molar-refractivity contribution in [3.63, 3.8) is 0 Å². The normalized spacial score (nSPS) is 10.4. The average Bonchev–Trinajstić information content (AvgIpc) is 2.40. The third kappa shape index (κ3) is 2.56. The van der Waals surface area contributed by atoms with Crippen LogP contribution in [0.5, 0.6) is 5.75 Å². The van der Waals surface area contributed by atoms with Gasteiger partial charge >= 0.3 is 0 Å². The second-order valence-corrected chi connectivity index (χ2v) is 5.31. The Morgan fingerprint density at radius 1 is 1.15 bits per heavy atom. The van der Waals surface area contributed by atoms with Crippen LogP contribution in [0.4, 0.5) is 0 Å². The zero-order chi connectivity index (χ0) is 14.9. The molecule has 0 fully saturated rings. The van der Waals surface area contributed by atoms with Gasteiger partial charge in [0.2, 0.25) is 0 Å². The molecule has 0 unspecified atom stereocenters. The van der Waals surface area contributed by atoms with Crippen molar-refractivity contribution < 1.29 is 9.53 Å². The summed E-state index contributed by atoms with van der Waals surface area (Å²) in [6, 6.07) is 9.23. The Labute approximate surface area is 124 Å². The molecule has 20 heavy (non-hydrogen) atoms. The van der Waals surface area contributed by atoms with Crippen LogP contribution in [0.3, 0.4) is 0 Å². The fraction of sp³-hybridized carbons (Fsp3) is 0.235. The van der Waals surface area contributed by atoms with E-state index in [0.717, 1.165) is 16.7 Å². The van der Waals surface area contributed by atoms with Crippen molar-refractivity contribution in [1.29, 1.82) is 0 Å². The summed E-state index contributed by atoms with van der Waals surface area (Å²) in [5.41, 5.74) is 3.98. The lowest BCUT2D eigenvalue weighted by atomic mass is 9.94. The van der Waals surface area contributed by atoms with Gasteiger partial charge in [-0.2, -0.15) is 0 Å². The van der Waals surface area contributed by atoms with Crippen LogP contribution >= 0.6 is 11.6 Å². The lowest BCUT2D eigenvalue weighted by molar-refractivity contribution is 0.103. The lowest BCUT2D eigenvalue weighted by Crippen LogP contribution is -2.08. The predicted octanol–water partition coefficient (Wildman–Crippen LogP) is 4.50. The standard InChI is InChI=1S/C17H17ClO2/c1-10-8-11(2)16(15(9-10)20-4)17(19)13-6-5-7-14(18)12(13)3/h5-9H,1-4H3. The smallest absolute Gasteiger partial charge is 0.197 e. The van der Waals surface area contributed by atoms with Gasteiger partial charge < -0.3 is 4.74 Å². The molecule has 0 saturated heterocycles. The molecular weight excluding hydrogens is 272 g/mol. The predicted molar refractivity (Wildman–Crippen MR) is 82.1 cm³/mol. The Bertz CT molecular complexity index is 675. The number of carbonyl (C=O) groups excluding carboxylic acids is 1. The first-order valence-corrected chi connectivity index (χ1v) is 6.78. The van der Waals surface area contributed by atoms with E-state index in [4.69, 9.17) is 16.3 Å². The van der Waals surface area contributed by atoms with Crippen molar-refractivity contribution in [3.8, 4) is 5.75 Å². The van der Waals surface area contributed by atoms with Crippen LogP contribution in [0.25, 0.3) is 0 Å². The van der Waals surface area contributed by atoms with E-state index in [1.54, 1.807) is 25.3 Å². The number of hydrogen-bond donors (Lipinski definition) is 0. The number of ether oxygens (including phenoxy) is 1. The van der Waals surface area contributed by atoms with Gasteiger partial charge in [-0.25, -0.2) is 0 Å². The summed E-state index contributed by atoms with van der Waals surface area (Å²) in [4.78, 5) is 12.8. The molecule has 0 bridgehead atoms. The largest absolute Gasteiger partial charge is 0.496 e. The van der Waals surface area contributed by atoms with E-state index in [0.29, 0.717) is 21.9 Å². The van der Waals surface area contributed by atoms with Gasteiger partial charge in [-0.3, -0.25) is 4.79 Å². The minimum absolute atomic E-state index is 0.0562. The second kappa shape index (κ2) is 5.68. The van der Waals surface area contributed by atoms with Crippen LogP contribution in [0.1, 0.15) is 32.6 Å². The summed E-state index contributed by atoms with van der Waals surface area (Å²) in [6.45, 7) is 5.75. The summed E-state index contributed by atoms with van der Waals surface area (Å²) in [5, 5.41) is 0.597. The molecule has 0 aliphatic rings. The van der Waals surface area contributed by atoms with Crippen molar-refractivity contribution in [2.24, 2.45) is 0 Å². The van der Waals surface area contributed by atoms with Crippen LogP contribution in [0.15, 0.2) is 30.3 Å². The zero-order valence-electron chi connectivity index (χ0n) is 12.1. The van der Waals surface area contributed by atoms with E-state index < -0.39 is 0 Å². The Balaban J connectivity index is 2.62. The van der Waals surface area contributed by atoms with Gasteiger partial charge in [0, 0.05) is 10.6 Å². The molecule has 3 heteroatoms. The third-order valence-corrected chi connectivity index (χ3v) is 3.81. The molecule has 0 heterocycles. The van der Waals surface area contributed by atoms with Gasteiger partial charge in [0.1, 0.15) is 5.75 Å². The quantitative estimate of drug-likeness (QED) is 0.777. The highest BCUT2D eigenvalue weighted by atomic mass is 35.5. The minimum atomic E-state index is -0.0562. The molecule has 0 aromatic heterocycles. The molecule has 104 valence electrons. The molecule has 0 amide bonds. The molecule has 2 aromatic carbocycles. The minimum Gasteiger partial charge on any atom is -0.496 e. The van der Waals surface area contributed by atoms with Crippen molar-refractivity contribution in [2.45, 2.75) is 20.8 Å². The molecule has 2 nitrogen and oxygen atoms in total. The number of halogens is 1. The fourth-order valence-electron chi connectivity index (χ4n) is 2.37. The van der Waals surface area contributed by atoms with Gasteiger partial charge in [0.15, 0.2) is 5.78 Å². The fourth-order valence-corrected chi connectivity index (χ4v) is 2.54. The summed E-state index contributed by atoms with van der Waals surface area (Å²) >= 11 is 6.10. The highest BCUT2D eigenvalue weighted by Crippen LogP contribution is 2.29. The number of aryl methyl sites for hydroxylation is 2. The molecule has 0 spiro atoms. The van der Waals surface area contributed by atoms with E-state index >= 15 is 0 Å². The zero-order valence-corrected chi connectivity index (χ0v) is 12.8. The highest BCUT2D eigenvalue weighted by Gasteiger charge is 2.20. The van der Waals surface area contributed by atoms with E-state index in [1.807, 2.05) is 32.9 Å². The summed E-state index contributed by atoms with van der Waals surface area (Å²) in [6.07, 6.45) is 0. The topological polar surface area (TPSA) is 26.3 Å². The molecular formula is C17H17ClO2. The average molecular weight is 289 g/mol. The Morgan fingerprint density at radius 2 is 1.85 bits per heavy atom. The number of benzene rings is 2. The molecule has 0 radical (unpaired) electrons. The Hall–Kier alpha value is -1.80. The van der Waals surface area contributed by atoms with E-state index in [2.05, 4.69) is 0 Å².